The fourth-order valence-corrected chi connectivity index (χ4v) is 2.23. The number of carbonyl (C=O) groups is 1. The lowest BCUT2D eigenvalue weighted by atomic mass is 10.1. The van der Waals surface area contributed by atoms with Gasteiger partial charge in [0, 0.05) is 26.7 Å². The van der Waals surface area contributed by atoms with Crippen molar-refractivity contribution in [3.8, 4) is 0 Å². The maximum absolute atomic E-state index is 11.9. The second kappa shape index (κ2) is 6.39. The molecule has 1 N–H and O–H groups in total. The molecular formula is C10H19ClN2O3. The Morgan fingerprint density at radius 1 is 1.56 bits per heavy atom. The van der Waals surface area contributed by atoms with E-state index >= 15 is 0 Å². The van der Waals surface area contributed by atoms with Crippen LogP contribution in [0.4, 0.5) is 0 Å². The summed E-state index contributed by atoms with van der Waals surface area (Å²) in [6.45, 7) is 3.58. The Kier molecular flexibility index (Phi) is 5.48. The van der Waals surface area contributed by atoms with E-state index in [2.05, 4.69) is 5.32 Å². The van der Waals surface area contributed by atoms with Gasteiger partial charge in [-0.3, -0.25) is 4.79 Å². The highest BCUT2D eigenvalue weighted by Crippen LogP contribution is 2.18. The Morgan fingerprint density at radius 2 is 2.38 bits per heavy atom. The third-order valence-electron chi connectivity index (χ3n) is 3.03. The second-order valence-electron chi connectivity index (χ2n) is 3.96. The predicted molar refractivity (Wildman–Crippen MR) is 61.9 cm³/mol. The number of hydrogen-bond acceptors (Lipinski definition) is 4. The Hall–Kier alpha value is -0.360. The van der Waals surface area contributed by atoms with E-state index in [1.165, 1.54) is 0 Å². The van der Waals surface area contributed by atoms with Crippen LogP contribution in [0.2, 0.25) is 0 Å². The molecule has 2 rings (SSSR count). The molecule has 2 heterocycles. The number of ether oxygens (including phenoxy) is 2. The lowest BCUT2D eigenvalue weighted by Crippen LogP contribution is -2.53. The summed E-state index contributed by atoms with van der Waals surface area (Å²) in [5.41, 5.74) is 0. The van der Waals surface area contributed by atoms with Crippen molar-refractivity contribution < 1.29 is 14.3 Å². The minimum Gasteiger partial charge on any atom is -0.384 e. The van der Waals surface area contributed by atoms with Gasteiger partial charge in [0.1, 0.15) is 0 Å². The number of morpholine rings is 1. The molecule has 0 saturated carbocycles. The highest BCUT2D eigenvalue weighted by Gasteiger charge is 2.37. The fraction of sp³-hybridized carbons (Fsp3) is 0.900. The first-order valence-electron chi connectivity index (χ1n) is 5.43. The first-order valence-corrected chi connectivity index (χ1v) is 5.43. The summed E-state index contributed by atoms with van der Waals surface area (Å²) in [6, 6.07) is 0.225. The van der Waals surface area contributed by atoms with Gasteiger partial charge in [-0.25, -0.2) is 0 Å². The van der Waals surface area contributed by atoms with Crippen LogP contribution in [0.5, 0.6) is 0 Å². The Bertz CT molecular complexity index is 240. The molecule has 1 amide bonds. The van der Waals surface area contributed by atoms with Crippen LogP contribution in [-0.2, 0) is 14.3 Å². The van der Waals surface area contributed by atoms with Crippen molar-refractivity contribution in [2.75, 3.05) is 40.0 Å². The SMILES string of the molecule is COCCC(=O)N1CCO[C@@H]2CNC[C@@H]21.Cl. The summed E-state index contributed by atoms with van der Waals surface area (Å²) in [4.78, 5) is 13.8. The molecule has 16 heavy (non-hydrogen) atoms. The van der Waals surface area contributed by atoms with E-state index < -0.39 is 0 Å². The molecule has 2 aliphatic rings. The molecule has 2 aliphatic heterocycles. The molecule has 0 radical (unpaired) electrons. The maximum Gasteiger partial charge on any atom is 0.225 e. The molecule has 2 atom stereocenters. The van der Waals surface area contributed by atoms with Crippen molar-refractivity contribution in [3.63, 3.8) is 0 Å². The third-order valence-corrected chi connectivity index (χ3v) is 3.03. The van der Waals surface area contributed by atoms with Crippen LogP contribution in [0.1, 0.15) is 6.42 Å². The summed E-state index contributed by atoms with van der Waals surface area (Å²) in [5, 5.41) is 3.26. The van der Waals surface area contributed by atoms with Crippen LogP contribution in [0.15, 0.2) is 0 Å². The third kappa shape index (κ3) is 2.85. The van der Waals surface area contributed by atoms with Gasteiger partial charge in [0.2, 0.25) is 5.91 Å². The molecule has 2 fully saturated rings. The van der Waals surface area contributed by atoms with Gasteiger partial charge >= 0.3 is 0 Å². The molecule has 5 nitrogen and oxygen atoms in total. The van der Waals surface area contributed by atoms with Gasteiger partial charge in [0.15, 0.2) is 0 Å². The van der Waals surface area contributed by atoms with Crippen molar-refractivity contribution in [2.45, 2.75) is 18.6 Å². The highest BCUT2D eigenvalue weighted by molar-refractivity contribution is 5.85. The van der Waals surface area contributed by atoms with E-state index in [4.69, 9.17) is 9.47 Å². The van der Waals surface area contributed by atoms with Gasteiger partial charge in [-0.1, -0.05) is 0 Å². The molecule has 0 aromatic carbocycles. The van der Waals surface area contributed by atoms with Gasteiger partial charge in [0.25, 0.3) is 0 Å². The summed E-state index contributed by atoms with van der Waals surface area (Å²) in [6.07, 6.45) is 0.657. The number of carbonyl (C=O) groups excluding carboxylic acids is 1. The molecular weight excluding hydrogens is 232 g/mol. The van der Waals surface area contributed by atoms with Gasteiger partial charge < -0.3 is 19.7 Å². The lowest BCUT2D eigenvalue weighted by molar-refractivity contribution is -0.143. The Labute approximate surface area is 102 Å². The predicted octanol–water partition coefficient (Wildman–Crippen LogP) is -0.356. The Balaban J connectivity index is 0.00000128. The monoisotopic (exact) mass is 250 g/mol. The first kappa shape index (κ1) is 13.7. The van der Waals surface area contributed by atoms with E-state index in [1.807, 2.05) is 4.90 Å². The standard InChI is InChI=1S/C10H18N2O3.ClH/c1-14-4-2-10(13)12-3-5-15-9-7-11-6-8(9)12;/h8-9,11H,2-7H2,1H3;1H/t8-,9+;/m0./s1. The highest BCUT2D eigenvalue weighted by atomic mass is 35.5. The average molecular weight is 251 g/mol. The average Bonchev–Trinajstić information content (AvgIpc) is 2.73. The van der Waals surface area contributed by atoms with Crippen molar-refractivity contribution >= 4 is 18.3 Å². The molecule has 6 heteroatoms. The number of nitrogens with zero attached hydrogens (tertiary/aromatic N) is 1. The first-order chi connectivity index (χ1) is 7.33. The van der Waals surface area contributed by atoms with E-state index in [1.54, 1.807) is 7.11 Å². The van der Waals surface area contributed by atoms with Crippen molar-refractivity contribution in [3.05, 3.63) is 0 Å². The number of amides is 1. The molecule has 0 unspecified atom stereocenters. The topological polar surface area (TPSA) is 50.8 Å². The number of nitrogens with one attached hydrogen (secondary N) is 1. The van der Waals surface area contributed by atoms with E-state index in [0.717, 1.165) is 13.1 Å². The van der Waals surface area contributed by atoms with Gasteiger partial charge in [-0.05, 0) is 0 Å². The summed E-state index contributed by atoms with van der Waals surface area (Å²) >= 11 is 0. The molecule has 2 saturated heterocycles. The van der Waals surface area contributed by atoms with E-state index in [0.29, 0.717) is 26.2 Å². The summed E-state index contributed by atoms with van der Waals surface area (Å²) in [7, 11) is 1.62. The van der Waals surface area contributed by atoms with Crippen molar-refractivity contribution in [1.29, 1.82) is 0 Å². The van der Waals surface area contributed by atoms with Crippen LogP contribution < -0.4 is 5.32 Å². The zero-order valence-electron chi connectivity index (χ0n) is 9.48. The van der Waals surface area contributed by atoms with Crippen LogP contribution in [0.25, 0.3) is 0 Å². The van der Waals surface area contributed by atoms with E-state index in [-0.39, 0.29) is 30.5 Å². The minimum absolute atomic E-state index is 0. The largest absolute Gasteiger partial charge is 0.384 e. The minimum atomic E-state index is 0. The zero-order chi connectivity index (χ0) is 10.7. The number of methoxy groups -OCH3 is 1. The van der Waals surface area contributed by atoms with Gasteiger partial charge in [-0.2, -0.15) is 0 Å². The van der Waals surface area contributed by atoms with Crippen LogP contribution in [0, 0.1) is 0 Å². The van der Waals surface area contributed by atoms with Gasteiger partial charge in [-0.15, -0.1) is 12.4 Å². The van der Waals surface area contributed by atoms with Crippen molar-refractivity contribution in [1.82, 2.24) is 10.2 Å². The summed E-state index contributed by atoms with van der Waals surface area (Å²) < 4.78 is 10.5. The number of rotatable bonds is 3. The van der Waals surface area contributed by atoms with Crippen molar-refractivity contribution in [2.24, 2.45) is 0 Å². The molecule has 0 spiro atoms. The van der Waals surface area contributed by atoms with E-state index in [9.17, 15) is 4.79 Å². The molecule has 0 bridgehead atoms. The smallest absolute Gasteiger partial charge is 0.225 e. The quantitative estimate of drug-likeness (QED) is 0.744. The number of fused-ring (bicyclic) bond motifs is 1. The fourth-order valence-electron chi connectivity index (χ4n) is 2.23. The summed E-state index contributed by atoms with van der Waals surface area (Å²) in [5.74, 6) is 0.179. The maximum atomic E-state index is 11.9. The molecule has 0 aromatic rings. The normalized spacial score (nSPS) is 28.4. The molecule has 0 aliphatic carbocycles. The molecule has 0 aromatic heterocycles. The van der Waals surface area contributed by atoms with Crippen LogP contribution in [-0.4, -0.2) is 62.9 Å². The second-order valence-corrected chi connectivity index (χ2v) is 3.96. The zero-order valence-corrected chi connectivity index (χ0v) is 10.3. The molecule has 94 valence electrons. The lowest BCUT2D eigenvalue weighted by Gasteiger charge is -2.37. The van der Waals surface area contributed by atoms with Crippen LogP contribution >= 0.6 is 12.4 Å². The number of hydrogen-bond donors (Lipinski definition) is 1. The number of halogens is 1. The Morgan fingerprint density at radius 3 is 3.12 bits per heavy atom. The van der Waals surface area contributed by atoms with Crippen LogP contribution in [0.3, 0.4) is 0 Å². The van der Waals surface area contributed by atoms with Gasteiger partial charge in [0.05, 0.1) is 31.8 Å².